The van der Waals surface area contributed by atoms with Gasteiger partial charge in [0, 0.05) is 82.7 Å². The number of aliphatic hydroxyl groups is 2. The lowest BCUT2D eigenvalue weighted by atomic mass is 9.92. The van der Waals surface area contributed by atoms with Gasteiger partial charge < -0.3 is 29.9 Å². The van der Waals surface area contributed by atoms with Gasteiger partial charge in [-0.1, -0.05) is 65.9 Å². The van der Waals surface area contributed by atoms with Crippen LogP contribution in [0, 0.1) is 0 Å². The topological polar surface area (TPSA) is 170 Å². The van der Waals surface area contributed by atoms with Crippen molar-refractivity contribution in [2.75, 3.05) is 57.5 Å². The van der Waals surface area contributed by atoms with Gasteiger partial charge in [0.15, 0.2) is 0 Å². The summed E-state index contributed by atoms with van der Waals surface area (Å²) >= 11 is 3.48. The Morgan fingerprint density at radius 3 is 1.49 bits per heavy atom. The number of nitrogens with zero attached hydrogens (tertiary/aromatic N) is 7. The van der Waals surface area contributed by atoms with Crippen molar-refractivity contribution in [1.29, 1.82) is 0 Å². The van der Waals surface area contributed by atoms with Crippen molar-refractivity contribution < 1.29 is 19.7 Å². The summed E-state index contributed by atoms with van der Waals surface area (Å²) in [7, 11) is 0. The minimum Gasteiger partial charge on any atom is -0.391 e. The molecule has 368 valence electrons. The third-order valence-electron chi connectivity index (χ3n) is 14.5. The number of fused-ring (bicyclic) bond motifs is 6. The van der Waals surface area contributed by atoms with Crippen LogP contribution < -0.4 is 21.3 Å². The normalized spacial score (nSPS) is 20.6. The van der Waals surface area contributed by atoms with E-state index in [1.165, 1.54) is 11.3 Å². The first-order valence-electron chi connectivity index (χ1n) is 25.1. The monoisotopic (exact) mass is 1020 g/mol. The fourth-order valence-corrected chi connectivity index (χ4v) is 10.9. The van der Waals surface area contributed by atoms with Crippen LogP contribution in [0.2, 0.25) is 0 Å². The first-order chi connectivity index (χ1) is 34.8. The molecular formula is C56H61BrN8O6. The molecule has 4 aliphatic rings. The highest BCUT2D eigenvalue weighted by Crippen LogP contribution is 2.33. The van der Waals surface area contributed by atoms with E-state index in [1.807, 2.05) is 48.8 Å². The average molecular weight is 1020 g/mol. The second kappa shape index (κ2) is 22.6. The maximum Gasteiger partial charge on any atom is 0.261 e. The molecule has 8 aromatic rings. The Morgan fingerprint density at radius 2 is 1.04 bits per heavy atom. The Labute approximate surface area is 420 Å². The van der Waals surface area contributed by atoms with Gasteiger partial charge in [0.25, 0.3) is 11.1 Å². The van der Waals surface area contributed by atoms with Gasteiger partial charge in [-0.2, -0.15) is 0 Å². The highest BCUT2D eigenvalue weighted by atomic mass is 79.9. The van der Waals surface area contributed by atoms with Gasteiger partial charge in [0.1, 0.15) is 0 Å². The van der Waals surface area contributed by atoms with Crippen LogP contribution in [0.3, 0.4) is 0 Å². The molecule has 4 fully saturated rings. The molecule has 14 nitrogen and oxygen atoms in total. The summed E-state index contributed by atoms with van der Waals surface area (Å²) in [6.07, 6.45) is 17.9. The minimum atomic E-state index is -0.505. The van der Waals surface area contributed by atoms with E-state index in [1.54, 1.807) is 34.2 Å². The zero-order valence-electron chi connectivity index (χ0n) is 40.0. The lowest BCUT2D eigenvalue weighted by molar-refractivity contribution is 0.0733. The van der Waals surface area contributed by atoms with E-state index in [0.717, 1.165) is 147 Å². The summed E-state index contributed by atoms with van der Waals surface area (Å²) in [6, 6.07) is 24.3. The largest absolute Gasteiger partial charge is 0.391 e. The maximum absolute atomic E-state index is 13.6. The molecule has 3 N–H and O–H groups in total. The number of aromatic nitrogens is 6. The Hall–Kier alpha value is -5.94. The number of morpholine rings is 2. The average Bonchev–Trinajstić information content (AvgIpc) is 3.42. The number of pyridine rings is 2. The van der Waals surface area contributed by atoms with Gasteiger partial charge in [0.05, 0.1) is 85.2 Å². The molecule has 0 bridgehead atoms. The van der Waals surface area contributed by atoms with Gasteiger partial charge in [-0.05, 0) is 109 Å². The molecule has 2 aliphatic heterocycles. The number of hydrogen-bond acceptors (Lipinski definition) is 12. The zero-order valence-corrected chi connectivity index (χ0v) is 41.6. The van der Waals surface area contributed by atoms with Crippen molar-refractivity contribution in [3.63, 3.8) is 0 Å². The molecule has 0 spiro atoms. The van der Waals surface area contributed by atoms with Crippen molar-refractivity contribution in [2.24, 2.45) is 0 Å². The minimum absolute atomic E-state index is 0.0800. The second-order valence-electron chi connectivity index (χ2n) is 19.1. The molecule has 2 aliphatic carbocycles. The van der Waals surface area contributed by atoms with Gasteiger partial charge in [-0.3, -0.25) is 28.7 Å². The van der Waals surface area contributed by atoms with Crippen LogP contribution in [0.1, 0.15) is 85.7 Å². The van der Waals surface area contributed by atoms with Gasteiger partial charge in [-0.25, -0.2) is 9.97 Å². The quantitative estimate of drug-likeness (QED) is 0.131. The molecule has 4 aromatic carbocycles. The van der Waals surface area contributed by atoms with Gasteiger partial charge >= 0.3 is 0 Å². The third-order valence-corrected chi connectivity index (χ3v) is 15.0. The van der Waals surface area contributed by atoms with Crippen molar-refractivity contribution in [3.05, 3.63) is 158 Å². The number of halogens is 1. The first-order valence-corrected chi connectivity index (χ1v) is 25.9. The van der Waals surface area contributed by atoms with Crippen LogP contribution in [0.4, 0.5) is 5.69 Å². The molecule has 2 saturated heterocycles. The molecule has 4 atom stereocenters. The molecule has 12 rings (SSSR count). The highest BCUT2D eigenvalue weighted by Gasteiger charge is 2.28. The number of benzene rings is 4. The van der Waals surface area contributed by atoms with E-state index in [4.69, 9.17) is 14.5 Å². The van der Waals surface area contributed by atoms with Crippen molar-refractivity contribution in [3.8, 4) is 0 Å². The summed E-state index contributed by atoms with van der Waals surface area (Å²) in [6.45, 7) is 7.19. The fraction of sp³-hybridized carbons (Fsp3) is 0.393. The SMILES string of the molecule is C1COCCN1.O=c1c2cc(Cc3ccc(Br)cc3)c3cnccc3c2ncn1[C@H]1CCCC[C@@H]1O.O=c1c2cc(Cc3ccc(N4CCOCC4)cc3)c3cnccc3c2ncn1[C@H]1CCCC[C@@H]1O. The summed E-state index contributed by atoms with van der Waals surface area (Å²) in [5, 5.41) is 29.3. The summed E-state index contributed by atoms with van der Waals surface area (Å²) in [5.74, 6) is 0. The lowest BCUT2D eigenvalue weighted by Gasteiger charge is -2.29. The van der Waals surface area contributed by atoms with Crippen LogP contribution in [0.25, 0.3) is 43.4 Å². The molecule has 71 heavy (non-hydrogen) atoms. The Kier molecular flexibility index (Phi) is 15.5. The van der Waals surface area contributed by atoms with E-state index >= 15 is 0 Å². The van der Waals surface area contributed by atoms with Gasteiger partial charge in [-0.15, -0.1) is 0 Å². The van der Waals surface area contributed by atoms with E-state index in [-0.39, 0.29) is 23.2 Å². The van der Waals surface area contributed by atoms with Crippen LogP contribution in [-0.2, 0) is 22.3 Å². The molecule has 6 heterocycles. The highest BCUT2D eigenvalue weighted by molar-refractivity contribution is 9.10. The fourth-order valence-electron chi connectivity index (χ4n) is 10.7. The summed E-state index contributed by atoms with van der Waals surface area (Å²) < 4.78 is 14.8. The molecule has 0 amide bonds. The molecule has 2 saturated carbocycles. The van der Waals surface area contributed by atoms with Crippen molar-refractivity contribution >= 4 is 65.0 Å². The molecule has 0 radical (unpaired) electrons. The van der Waals surface area contributed by atoms with E-state index < -0.39 is 12.2 Å². The van der Waals surface area contributed by atoms with Crippen molar-refractivity contribution in [2.45, 2.75) is 88.5 Å². The Balaban J connectivity index is 0.000000148. The molecular weight excluding hydrogens is 961 g/mol. The predicted molar refractivity (Wildman–Crippen MR) is 283 cm³/mol. The molecule has 4 aromatic heterocycles. The third kappa shape index (κ3) is 11.0. The maximum atomic E-state index is 13.6. The molecule has 15 heteroatoms. The van der Waals surface area contributed by atoms with E-state index in [0.29, 0.717) is 34.6 Å². The Bertz CT molecular complexity index is 3220. The first kappa shape index (κ1) is 48.7. The van der Waals surface area contributed by atoms with Crippen LogP contribution in [0.5, 0.6) is 0 Å². The van der Waals surface area contributed by atoms with Gasteiger partial charge in [0.2, 0.25) is 0 Å². The number of anilines is 1. The Morgan fingerprint density at radius 1 is 0.577 bits per heavy atom. The predicted octanol–water partition coefficient (Wildman–Crippen LogP) is 8.23. The van der Waals surface area contributed by atoms with E-state index in [9.17, 15) is 19.8 Å². The smallest absolute Gasteiger partial charge is 0.261 e. The number of aliphatic hydroxyl groups excluding tert-OH is 2. The second-order valence-corrected chi connectivity index (χ2v) is 20.0. The summed E-state index contributed by atoms with van der Waals surface area (Å²) in [5.41, 5.74) is 6.88. The zero-order chi connectivity index (χ0) is 48.7. The van der Waals surface area contributed by atoms with Crippen molar-refractivity contribution in [1.82, 2.24) is 34.4 Å². The van der Waals surface area contributed by atoms with Crippen LogP contribution >= 0.6 is 15.9 Å². The summed E-state index contributed by atoms with van der Waals surface area (Å²) in [4.78, 5) is 47.4. The standard InChI is InChI=1S/C28H30N4O3.C24H22BrN3O2.C4H9NO/c33-26-4-2-1-3-25(26)32-18-30-27-22-9-10-29-17-24(22)20(16-23(27)28(32)34)15-19-5-7-21(8-6-19)31-11-13-35-14-12-31;25-17-7-5-15(6-8-17)11-16-12-19-23(18-9-10-26-13-20(16)18)27-14-28(24(19)30)21-3-1-2-4-22(21)29;1-3-6-4-2-5-1/h5-10,16-18,25-26,33H,1-4,11-15H2;5-10,12-14,21-22,29H,1-4,11H2;5H,1-4H2/t25-,26-;21-,22-;/m00./s1. The number of nitrogens with one attached hydrogen (secondary N) is 1. The van der Waals surface area contributed by atoms with E-state index in [2.05, 4.69) is 77.5 Å². The lowest BCUT2D eigenvalue weighted by Crippen LogP contribution is -2.36. The van der Waals surface area contributed by atoms with Crippen LogP contribution in [0.15, 0.2) is 124 Å². The molecule has 0 unspecified atom stereocenters. The number of rotatable bonds is 7. The van der Waals surface area contributed by atoms with Crippen LogP contribution in [-0.4, -0.2) is 104 Å². The number of ether oxygens (including phenoxy) is 2. The number of hydrogen-bond donors (Lipinski definition) is 3.